The molecule has 43 heavy (non-hydrogen) atoms. The van der Waals surface area contributed by atoms with E-state index in [1.807, 2.05) is 22.7 Å². The standard InChI is InChI=1S/C40H23NS2/c1-4-13-35-27(10-1)30-17-20-33-31(18-19-32-28-11-2-6-15-37(28)43-40(32)33)39(30)41(35)26-9-7-8-24(22-26)25-16-21-38-34(23-25)29-12-3-5-14-36(29)42-38/h1-23H. The lowest BCUT2D eigenvalue weighted by Crippen LogP contribution is -1.95. The van der Waals surface area contributed by atoms with Gasteiger partial charge in [-0.05, 0) is 53.6 Å². The van der Waals surface area contributed by atoms with Crippen LogP contribution >= 0.6 is 22.7 Å². The average Bonchev–Trinajstić information content (AvgIpc) is 3.74. The van der Waals surface area contributed by atoms with E-state index in [0.717, 1.165) is 0 Å². The van der Waals surface area contributed by atoms with E-state index in [1.165, 1.54) is 89.7 Å². The van der Waals surface area contributed by atoms with Crippen molar-refractivity contribution in [2.45, 2.75) is 0 Å². The van der Waals surface area contributed by atoms with Crippen molar-refractivity contribution >= 4 is 95.6 Å². The van der Waals surface area contributed by atoms with Crippen LogP contribution in [0.4, 0.5) is 0 Å². The largest absolute Gasteiger partial charge is 0.309 e. The summed E-state index contributed by atoms with van der Waals surface area (Å²) in [5, 5.41) is 10.5. The molecule has 0 saturated heterocycles. The van der Waals surface area contributed by atoms with E-state index < -0.39 is 0 Å². The van der Waals surface area contributed by atoms with Crippen LogP contribution in [0.1, 0.15) is 0 Å². The quantitative estimate of drug-likeness (QED) is 0.191. The molecule has 0 N–H and O–H groups in total. The van der Waals surface area contributed by atoms with Gasteiger partial charge in [0.2, 0.25) is 0 Å². The third kappa shape index (κ3) is 3.32. The Hall–Kier alpha value is -4.96. The van der Waals surface area contributed by atoms with E-state index in [4.69, 9.17) is 0 Å². The molecule has 0 atom stereocenters. The number of rotatable bonds is 2. The van der Waals surface area contributed by atoms with Gasteiger partial charge in [-0.25, -0.2) is 0 Å². The zero-order chi connectivity index (χ0) is 28.1. The number of hydrogen-bond donors (Lipinski definition) is 0. The number of nitrogens with zero attached hydrogens (tertiary/aromatic N) is 1. The Morgan fingerprint density at radius 3 is 1.81 bits per heavy atom. The van der Waals surface area contributed by atoms with Gasteiger partial charge in [-0.3, -0.25) is 0 Å². The molecule has 10 aromatic rings. The van der Waals surface area contributed by atoms with Gasteiger partial charge in [0.15, 0.2) is 0 Å². The average molecular weight is 582 g/mol. The Morgan fingerprint density at radius 2 is 0.977 bits per heavy atom. The van der Waals surface area contributed by atoms with E-state index in [1.54, 1.807) is 0 Å². The van der Waals surface area contributed by atoms with Crippen LogP contribution in [0.3, 0.4) is 0 Å². The number of para-hydroxylation sites is 1. The first-order valence-electron chi connectivity index (χ1n) is 14.6. The second-order valence-corrected chi connectivity index (χ2v) is 13.4. The minimum absolute atomic E-state index is 1.18. The number of aromatic nitrogens is 1. The fourth-order valence-corrected chi connectivity index (χ4v) is 9.36. The molecule has 0 spiro atoms. The Labute approximate surface area is 255 Å². The van der Waals surface area contributed by atoms with Gasteiger partial charge in [-0.1, -0.05) is 97.1 Å². The van der Waals surface area contributed by atoms with Crippen LogP contribution in [0.2, 0.25) is 0 Å². The number of benzene rings is 7. The van der Waals surface area contributed by atoms with E-state index >= 15 is 0 Å². The van der Waals surface area contributed by atoms with Crippen LogP contribution in [-0.4, -0.2) is 4.57 Å². The molecular weight excluding hydrogens is 559 g/mol. The smallest absolute Gasteiger partial charge is 0.0619 e. The van der Waals surface area contributed by atoms with E-state index in [-0.39, 0.29) is 0 Å². The summed E-state index contributed by atoms with van der Waals surface area (Å²) in [7, 11) is 0. The minimum Gasteiger partial charge on any atom is -0.309 e. The Bertz CT molecular complexity index is 2740. The van der Waals surface area contributed by atoms with Gasteiger partial charge < -0.3 is 4.57 Å². The Kier molecular flexibility index (Phi) is 4.81. The minimum atomic E-state index is 1.18. The molecule has 0 unspecified atom stereocenters. The molecule has 0 aliphatic rings. The third-order valence-electron chi connectivity index (χ3n) is 8.99. The predicted octanol–water partition coefficient (Wildman–Crippen LogP) is 12.3. The number of hydrogen-bond acceptors (Lipinski definition) is 2. The summed E-state index contributed by atoms with van der Waals surface area (Å²) < 4.78 is 7.86. The summed E-state index contributed by atoms with van der Waals surface area (Å²) in [6.45, 7) is 0. The highest BCUT2D eigenvalue weighted by Gasteiger charge is 2.18. The SMILES string of the molecule is c1cc(-c2ccc3sc4ccccc4c3c2)cc(-n2c3ccccc3c3ccc4c(ccc5c6ccccc6sc54)c32)c1. The van der Waals surface area contributed by atoms with Crippen molar-refractivity contribution in [3.8, 4) is 16.8 Å². The maximum Gasteiger partial charge on any atom is 0.0619 e. The molecule has 7 aromatic carbocycles. The second-order valence-electron chi connectivity index (χ2n) is 11.3. The molecule has 0 saturated carbocycles. The van der Waals surface area contributed by atoms with E-state index in [9.17, 15) is 0 Å². The van der Waals surface area contributed by atoms with E-state index in [2.05, 4.69) is 144 Å². The van der Waals surface area contributed by atoms with Crippen molar-refractivity contribution in [1.82, 2.24) is 4.57 Å². The van der Waals surface area contributed by atoms with Gasteiger partial charge in [0.25, 0.3) is 0 Å². The highest BCUT2D eigenvalue weighted by atomic mass is 32.1. The summed E-state index contributed by atoms with van der Waals surface area (Å²) in [5.74, 6) is 0. The number of fused-ring (bicyclic) bond motifs is 12. The van der Waals surface area contributed by atoms with Gasteiger partial charge in [0.1, 0.15) is 0 Å². The first-order chi connectivity index (χ1) is 21.3. The topological polar surface area (TPSA) is 4.93 Å². The van der Waals surface area contributed by atoms with Crippen molar-refractivity contribution in [2.24, 2.45) is 0 Å². The fourth-order valence-electron chi connectivity index (χ4n) is 7.05. The highest BCUT2D eigenvalue weighted by molar-refractivity contribution is 7.26. The van der Waals surface area contributed by atoms with Crippen molar-refractivity contribution in [2.75, 3.05) is 0 Å². The third-order valence-corrected chi connectivity index (χ3v) is 11.4. The molecule has 0 radical (unpaired) electrons. The van der Waals surface area contributed by atoms with Crippen LogP contribution in [0, 0.1) is 0 Å². The van der Waals surface area contributed by atoms with Crippen molar-refractivity contribution < 1.29 is 0 Å². The van der Waals surface area contributed by atoms with Gasteiger partial charge in [-0.2, -0.15) is 0 Å². The fraction of sp³-hybridized carbons (Fsp3) is 0. The molecule has 0 amide bonds. The first-order valence-corrected chi connectivity index (χ1v) is 16.2. The van der Waals surface area contributed by atoms with Crippen LogP contribution in [0.5, 0.6) is 0 Å². The maximum atomic E-state index is 2.48. The molecule has 200 valence electrons. The molecule has 0 bridgehead atoms. The van der Waals surface area contributed by atoms with Crippen LogP contribution in [0.25, 0.3) is 89.7 Å². The summed E-state index contributed by atoms with van der Waals surface area (Å²) in [4.78, 5) is 0. The lowest BCUT2D eigenvalue weighted by Gasteiger charge is -2.12. The van der Waals surface area contributed by atoms with Crippen molar-refractivity contribution in [1.29, 1.82) is 0 Å². The predicted molar refractivity (Wildman–Crippen MR) is 190 cm³/mol. The lowest BCUT2D eigenvalue weighted by atomic mass is 10.0. The van der Waals surface area contributed by atoms with Crippen molar-refractivity contribution in [3.63, 3.8) is 0 Å². The van der Waals surface area contributed by atoms with Crippen molar-refractivity contribution in [3.05, 3.63) is 140 Å². The zero-order valence-corrected chi connectivity index (χ0v) is 24.7. The highest BCUT2D eigenvalue weighted by Crippen LogP contribution is 2.43. The molecule has 10 rings (SSSR count). The van der Waals surface area contributed by atoms with Crippen LogP contribution in [0.15, 0.2) is 140 Å². The Morgan fingerprint density at radius 1 is 0.372 bits per heavy atom. The monoisotopic (exact) mass is 581 g/mol. The molecule has 0 aliphatic carbocycles. The van der Waals surface area contributed by atoms with Gasteiger partial charge in [-0.15, -0.1) is 22.7 Å². The molecule has 1 nitrogen and oxygen atoms in total. The summed E-state index contributed by atoms with van der Waals surface area (Å²) in [6, 6.07) is 51.7. The molecule has 0 aliphatic heterocycles. The lowest BCUT2D eigenvalue weighted by molar-refractivity contribution is 1.19. The maximum absolute atomic E-state index is 2.48. The van der Waals surface area contributed by atoms with Gasteiger partial charge in [0.05, 0.1) is 11.0 Å². The zero-order valence-electron chi connectivity index (χ0n) is 23.0. The summed E-state index contributed by atoms with van der Waals surface area (Å²) in [5.41, 5.74) is 6.17. The number of thiophene rings is 2. The van der Waals surface area contributed by atoms with E-state index in [0.29, 0.717) is 0 Å². The van der Waals surface area contributed by atoms with Gasteiger partial charge in [0, 0.05) is 67.6 Å². The normalized spacial score (nSPS) is 12.2. The molecule has 3 aromatic heterocycles. The molecule has 0 fully saturated rings. The molecule has 3 heterocycles. The Balaban J connectivity index is 1.25. The summed E-state index contributed by atoms with van der Waals surface area (Å²) in [6.07, 6.45) is 0. The van der Waals surface area contributed by atoms with Crippen LogP contribution < -0.4 is 0 Å². The van der Waals surface area contributed by atoms with Gasteiger partial charge >= 0.3 is 0 Å². The molecular formula is C40H23NS2. The van der Waals surface area contributed by atoms with Crippen LogP contribution in [-0.2, 0) is 0 Å². The second kappa shape index (κ2) is 8.78. The summed E-state index contributed by atoms with van der Waals surface area (Å²) >= 11 is 3.77. The molecule has 3 heteroatoms. The first kappa shape index (κ1) is 23.6.